The Labute approximate surface area is 132 Å². The van der Waals surface area contributed by atoms with E-state index in [1.54, 1.807) is 11.0 Å². The Balaban J connectivity index is 1.66. The largest absolute Gasteiger partial charge is 0.361 e. The number of hydrogen-bond donors (Lipinski definition) is 2. The summed E-state index contributed by atoms with van der Waals surface area (Å²) in [6, 6.07) is 15.2. The summed E-state index contributed by atoms with van der Waals surface area (Å²) in [4.78, 5) is 29.3. The zero-order valence-corrected chi connectivity index (χ0v) is 12.4. The molecule has 1 aliphatic rings. The first-order chi connectivity index (χ1) is 11.2. The van der Waals surface area contributed by atoms with Crippen molar-refractivity contribution < 1.29 is 9.59 Å². The Kier molecular flexibility index (Phi) is 3.12. The predicted molar refractivity (Wildman–Crippen MR) is 89.4 cm³/mol. The smallest absolute Gasteiger partial charge is 0.244 e. The lowest BCUT2D eigenvalue weighted by molar-refractivity contribution is -0.121. The number of amides is 2. The van der Waals surface area contributed by atoms with Crippen LogP contribution in [0.1, 0.15) is 5.56 Å². The molecule has 23 heavy (non-hydrogen) atoms. The number of anilines is 2. The third-order valence-corrected chi connectivity index (χ3v) is 4.09. The van der Waals surface area contributed by atoms with Crippen LogP contribution in [0.2, 0.25) is 0 Å². The normalized spacial score (nSPS) is 13.7. The number of aromatic amines is 1. The van der Waals surface area contributed by atoms with E-state index in [0.717, 1.165) is 22.2 Å². The molecule has 0 fully saturated rings. The summed E-state index contributed by atoms with van der Waals surface area (Å²) < 4.78 is 0. The summed E-state index contributed by atoms with van der Waals surface area (Å²) in [6.45, 7) is 0.0538. The zero-order valence-electron chi connectivity index (χ0n) is 12.4. The SMILES string of the molecule is O=C1CN(C(=O)Cc2c[nH]c3ccccc23)c2ccccc2N1. The van der Waals surface area contributed by atoms with Crippen molar-refractivity contribution in [2.75, 3.05) is 16.8 Å². The van der Waals surface area contributed by atoms with Gasteiger partial charge in [0.2, 0.25) is 11.8 Å². The quantitative estimate of drug-likeness (QED) is 0.764. The number of carbonyl (C=O) groups excluding carboxylic acids is 2. The van der Waals surface area contributed by atoms with Gasteiger partial charge < -0.3 is 15.2 Å². The van der Waals surface area contributed by atoms with Gasteiger partial charge >= 0.3 is 0 Å². The lowest BCUT2D eigenvalue weighted by Gasteiger charge is -2.29. The van der Waals surface area contributed by atoms with Crippen LogP contribution in [0.4, 0.5) is 11.4 Å². The molecule has 5 nitrogen and oxygen atoms in total. The summed E-state index contributed by atoms with van der Waals surface area (Å²) in [5.41, 5.74) is 3.37. The molecule has 0 aliphatic carbocycles. The van der Waals surface area contributed by atoms with Crippen molar-refractivity contribution in [2.24, 2.45) is 0 Å². The van der Waals surface area contributed by atoms with Gasteiger partial charge in [-0.15, -0.1) is 0 Å². The standard InChI is InChI=1S/C18H15N3O2/c22-17-11-21(16-8-4-3-7-15(16)20-17)18(23)9-12-10-19-14-6-2-1-5-13(12)14/h1-8,10,19H,9,11H2,(H,20,22). The second-order valence-corrected chi connectivity index (χ2v) is 5.58. The molecule has 0 saturated heterocycles. The molecule has 2 heterocycles. The van der Waals surface area contributed by atoms with Gasteiger partial charge in [0.15, 0.2) is 0 Å². The molecule has 2 amide bonds. The summed E-state index contributed by atoms with van der Waals surface area (Å²) >= 11 is 0. The Morgan fingerprint density at radius 2 is 1.87 bits per heavy atom. The van der Waals surface area contributed by atoms with Gasteiger partial charge in [-0.25, -0.2) is 0 Å². The Bertz CT molecular complexity index is 913. The molecule has 0 saturated carbocycles. The predicted octanol–water partition coefficient (Wildman–Crippen LogP) is 2.70. The number of nitrogens with zero attached hydrogens (tertiary/aromatic N) is 1. The molecular formula is C18H15N3O2. The fraction of sp³-hybridized carbons (Fsp3) is 0.111. The number of aromatic nitrogens is 1. The fourth-order valence-electron chi connectivity index (χ4n) is 2.99. The van der Waals surface area contributed by atoms with Gasteiger partial charge in [-0.2, -0.15) is 0 Å². The van der Waals surface area contributed by atoms with E-state index in [4.69, 9.17) is 0 Å². The minimum Gasteiger partial charge on any atom is -0.361 e. The van der Waals surface area contributed by atoms with Crippen LogP contribution in [0.15, 0.2) is 54.7 Å². The van der Waals surface area contributed by atoms with Gasteiger partial charge in [-0.05, 0) is 23.8 Å². The highest BCUT2D eigenvalue weighted by Gasteiger charge is 2.26. The first kappa shape index (κ1) is 13.6. The molecule has 0 spiro atoms. The maximum absolute atomic E-state index is 12.7. The Morgan fingerprint density at radius 3 is 2.78 bits per heavy atom. The molecule has 1 aliphatic heterocycles. The van der Waals surface area contributed by atoms with Crippen LogP contribution < -0.4 is 10.2 Å². The van der Waals surface area contributed by atoms with Crippen molar-refractivity contribution in [3.05, 3.63) is 60.3 Å². The van der Waals surface area contributed by atoms with Gasteiger partial charge in [-0.1, -0.05) is 30.3 Å². The zero-order chi connectivity index (χ0) is 15.8. The van der Waals surface area contributed by atoms with Gasteiger partial charge in [0.25, 0.3) is 0 Å². The molecule has 114 valence electrons. The van der Waals surface area contributed by atoms with Crippen LogP contribution in [0.3, 0.4) is 0 Å². The number of carbonyl (C=O) groups is 2. The number of benzene rings is 2. The molecule has 0 bridgehead atoms. The summed E-state index contributed by atoms with van der Waals surface area (Å²) in [5, 5.41) is 3.83. The Morgan fingerprint density at radius 1 is 1.09 bits per heavy atom. The molecule has 0 atom stereocenters. The average molecular weight is 305 g/mol. The van der Waals surface area contributed by atoms with E-state index >= 15 is 0 Å². The monoisotopic (exact) mass is 305 g/mol. The van der Waals surface area contributed by atoms with Gasteiger partial charge in [0.1, 0.15) is 6.54 Å². The summed E-state index contributed by atoms with van der Waals surface area (Å²) in [7, 11) is 0. The molecule has 4 rings (SSSR count). The average Bonchev–Trinajstić information content (AvgIpc) is 2.97. The maximum atomic E-state index is 12.7. The summed E-state index contributed by atoms with van der Waals surface area (Å²) in [6.07, 6.45) is 2.12. The number of para-hydroxylation sites is 3. The van der Waals surface area contributed by atoms with E-state index in [-0.39, 0.29) is 24.8 Å². The molecule has 0 radical (unpaired) electrons. The highest BCUT2D eigenvalue weighted by Crippen LogP contribution is 2.29. The number of hydrogen-bond acceptors (Lipinski definition) is 2. The molecule has 2 N–H and O–H groups in total. The highest BCUT2D eigenvalue weighted by atomic mass is 16.2. The van der Waals surface area contributed by atoms with Crippen LogP contribution in [0, 0.1) is 0 Å². The van der Waals surface area contributed by atoms with E-state index in [0.29, 0.717) is 5.69 Å². The van der Waals surface area contributed by atoms with Crippen molar-refractivity contribution in [3.8, 4) is 0 Å². The topological polar surface area (TPSA) is 65.2 Å². The van der Waals surface area contributed by atoms with E-state index in [9.17, 15) is 9.59 Å². The van der Waals surface area contributed by atoms with Crippen LogP contribution in [0.5, 0.6) is 0 Å². The van der Waals surface area contributed by atoms with Crippen LogP contribution in [0.25, 0.3) is 10.9 Å². The van der Waals surface area contributed by atoms with Gasteiger partial charge in [0.05, 0.1) is 17.8 Å². The number of nitrogens with one attached hydrogen (secondary N) is 2. The number of fused-ring (bicyclic) bond motifs is 2. The minimum atomic E-state index is -0.170. The van der Waals surface area contributed by atoms with Crippen molar-refractivity contribution in [1.82, 2.24) is 4.98 Å². The van der Waals surface area contributed by atoms with Gasteiger partial charge in [-0.3, -0.25) is 9.59 Å². The number of rotatable bonds is 2. The molecule has 1 aromatic heterocycles. The second kappa shape index (κ2) is 5.28. The first-order valence-electron chi connectivity index (χ1n) is 7.46. The van der Waals surface area contributed by atoms with Crippen molar-refractivity contribution in [2.45, 2.75) is 6.42 Å². The number of H-pyrrole nitrogens is 1. The van der Waals surface area contributed by atoms with Crippen molar-refractivity contribution in [1.29, 1.82) is 0 Å². The third-order valence-electron chi connectivity index (χ3n) is 4.09. The van der Waals surface area contributed by atoms with Crippen LogP contribution >= 0.6 is 0 Å². The molecule has 2 aromatic carbocycles. The van der Waals surface area contributed by atoms with E-state index in [1.165, 1.54) is 0 Å². The van der Waals surface area contributed by atoms with Crippen molar-refractivity contribution in [3.63, 3.8) is 0 Å². The fourth-order valence-corrected chi connectivity index (χ4v) is 2.99. The van der Waals surface area contributed by atoms with E-state index < -0.39 is 0 Å². The van der Waals surface area contributed by atoms with Crippen LogP contribution in [-0.4, -0.2) is 23.3 Å². The molecule has 3 aromatic rings. The summed E-state index contributed by atoms with van der Waals surface area (Å²) in [5.74, 6) is -0.256. The van der Waals surface area contributed by atoms with E-state index in [2.05, 4.69) is 10.3 Å². The van der Waals surface area contributed by atoms with Crippen molar-refractivity contribution >= 4 is 34.1 Å². The van der Waals surface area contributed by atoms with Gasteiger partial charge in [0, 0.05) is 17.1 Å². The lowest BCUT2D eigenvalue weighted by atomic mass is 10.1. The maximum Gasteiger partial charge on any atom is 0.244 e. The Hall–Kier alpha value is -3.08. The molecule has 5 heteroatoms. The molecular weight excluding hydrogens is 290 g/mol. The molecule has 0 unspecified atom stereocenters. The third kappa shape index (κ3) is 2.36. The highest BCUT2D eigenvalue weighted by molar-refractivity contribution is 6.10. The second-order valence-electron chi connectivity index (χ2n) is 5.58. The minimum absolute atomic E-state index is 0.0538. The first-order valence-corrected chi connectivity index (χ1v) is 7.46. The lowest BCUT2D eigenvalue weighted by Crippen LogP contribution is -2.42. The van der Waals surface area contributed by atoms with E-state index in [1.807, 2.05) is 48.7 Å². The van der Waals surface area contributed by atoms with Crippen LogP contribution in [-0.2, 0) is 16.0 Å².